The molecule has 1 N–H and O–H groups in total. The van der Waals surface area contributed by atoms with Crippen LogP contribution in [0.1, 0.15) is 24.0 Å². The molecule has 2 aromatic rings. The maximum absolute atomic E-state index is 12.7. The van der Waals surface area contributed by atoms with E-state index in [1.165, 1.54) is 24.3 Å². The first-order valence-electron chi connectivity index (χ1n) is 6.26. The third-order valence-electron chi connectivity index (χ3n) is 3.04. The molecule has 3 nitrogen and oxygen atoms in total. The van der Waals surface area contributed by atoms with Gasteiger partial charge in [0.2, 0.25) is 0 Å². The number of phenols is 1. The second-order valence-corrected chi connectivity index (χ2v) is 4.55. The van der Waals surface area contributed by atoms with Crippen LogP contribution in [-0.2, 0) is 16.1 Å². The lowest BCUT2D eigenvalue weighted by molar-refractivity contribution is -0.146. The van der Waals surface area contributed by atoms with Gasteiger partial charge in [0, 0.05) is 0 Å². The largest absolute Gasteiger partial charge is 0.508 e. The number of aromatic hydroxyl groups is 1. The molecule has 0 fully saturated rings. The van der Waals surface area contributed by atoms with E-state index in [2.05, 4.69) is 0 Å². The molecule has 0 radical (unpaired) electrons. The zero-order valence-electron chi connectivity index (χ0n) is 11.0. The molecule has 2 rings (SSSR count). The van der Waals surface area contributed by atoms with E-state index in [1.54, 1.807) is 31.2 Å². The summed E-state index contributed by atoms with van der Waals surface area (Å²) in [6.45, 7) is 1.85. The molecule has 0 aliphatic rings. The van der Waals surface area contributed by atoms with Gasteiger partial charge in [-0.05, 0) is 42.3 Å². The predicted octanol–water partition coefficient (Wildman–Crippen LogP) is 3.38. The van der Waals surface area contributed by atoms with Crippen molar-refractivity contribution in [3.8, 4) is 5.75 Å². The number of carbonyl (C=O) groups is 1. The number of benzene rings is 2. The van der Waals surface area contributed by atoms with Crippen molar-refractivity contribution in [1.29, 1.82) is 0 Å². The number of hydrogen-bond acceptors (Lipinski definition) is 3. The predicted molar refractivity (Wildman–Crippen MR) is 72.7 cm³/mol. The molecule has 0 aromatic heterocycles. The summed E-state index contributed by atoms with van der Waals surface area (Å²) in [6.07, 6.45) is 0. The van der Waals surface area contributed by atoms with Crippen molar-refractivity contribution in [1.82, 2.24) is 0 Å². The van der Waals surface area contributed by atoms with E-state index < -0.39 is 5.92 Å². The van der Waals surface area contributed by atoms with Gasteiger partial charge < -0.3 is 9.84 Å². The molecule has 4 heteroatoms. The van der Waals surface area contributed by atoms with Gasteiger partial charge in [-0.2, -0.15) is 0 Å². The Morgan fingerprint density at radius 3 is 2.35 bits per heavy atom. The minimum absolute atomic E-state index is 0.113. The van der Waals surface area contributed by atoms with Crippen LogP contribution in [0.2, 0.25) is 0 Å². The van der Waals surface area contributed by atoms with Gasteiger partial charge in [-0.15, -0.1) is 0 Å². The first-order valence-corrected chi connectivity index (χ1v) is 6.26. The van der Waals surface area contributed by atoms with Gasteiger partial charge in [0.1, 0.15) is 18.2 Å². The summed E-state index contributed by atoms with van der Waals surface area (Å²) in [4.78, 5) is 11.9. The second kappa shape index (κ2) is 6.19. The van der Waals surface area contributed by atoms with Crippen LogP contribution in [0.15, 0.2) is 48.5 Å². The Hall–Kier alpha value is -2.36. The number of phenolic OH excluding ortho intramolecular Hbond substituents is 1. The average Bonchev–Trinajstić information content (AvgIpc) is 2.46. The Labute approximate surface area is 116 Å². The van der Waals surface area contributed by atoms with Gasteiger partial charge in [-0.1, -0.05) is 24.3 Å². The van der Waals surface area contributed by atoms with E-state index in [4.69, 9.17) is 4.74 Å². The molecular weight excluding hydrogens is 259 g/mol. The highest BCUT2D eigenvalue weighted by Crippen LogP contribution is 2.20. The SMILES string of the molecule is C[C@H](C(=O)OCc1ccc(F)cc1)c1ccc(O)cc1. The van der Waals surface area contributed by atoms with E-state index in [9.17, 15) is 14.3 Å². The van der Waals surface area contributed by atoms with Crippen molar-refractivity contribution in [3.63, 3.8) is 0 Å². The van der Waals surface area contributed by atoms with E-state index >= 15 is 0 Å². The fourth-order valence-corrected chi connectivity index (χ4v) is 1.76. The van der Waals surface area contributed by atoms with Crippen LogP contribution in [0.3, 0.4) is 0 Å². The molecule has 2 aromatic carbocycles. The lowest BCUT2D eigenvalue weighted by Gasteiger charge is -2.12. The van der Waals surface area contributed by atoms with Gasteiger partial charge in [0.05, 0.1) is 5.92 Å². The summed E-state index contributed by atoms with van der Waals surface area (Å²) >= 11 is 0. The van der Waals surface area contributed by atoms with Crippen LogP contribution < -0.4 is 0 Å². The van der Waals surface area contributed by atoms with Crippen molar-refractivity contribution >= 4 is 5.97 Å². The van der Waals surface area contributed by atoms with Crippen LogP contribution in [0.25, 0.3) is 0 Å². The van der Waals surface area contributed by atoms with E-state index in [1.807, 2.05) is 0 Å². The molecule has 0 saturated heterocycles. The quantitative estimate of drug-likeness (QED) is 0.869. The second-order valence-electron chi connectivity index (χ2n) is 4.55. The van der Waals surface area contributed by atoms with Crippen molar-refractivity contribution in [2.24, 2.45) is 0 Å². The maximum atomic E-state index is 12.7. The summed E-state index contributed by atoms with van der Waals surface area (Å²) in [6, 6.07) is 12.2. The van der Waals surface area contributed by atoms with Crippen LogP contribution >= 0.6 is 0 Å². The topological polar surface area (TPSA) is 46.5 Å². The van der Waals surface area contributed by atoms with Gasteiger partial charge in [-0.3, -0.25) is 4.79 Å². The van der Waals surface area contributed by atoms with Crippen molar-refractivity contribution < 1.29 is 19.0 Å². The van der Waals surface area contributed by atoms with Crippen LogP contribution in [0, 0.1) is 5.82 Å². The van der Waals surface area contributed by atoms with Gasteiger partial charge >= 0.3 is 5.97 Å². The minimum Gasteiger partial charge on any atom is -0.508 e. The molecule has 0 aliphatic heterocycles. The normalized spacial score (nSPS) is 11.9. The van der Waals surface area contributed by atoms with E-state index in [-0.39, 0.29) is 24.1 Å². The van der Waals surface area contributed by atoms with Crippen LogP contribution in [0.5, 0.6) is 5.75 Å². The Bertz CT molecular complexity index is 576. The molecule has 20 heavy (non-hydrogen) atoms. The minimum atomic E-state index is -0.420. The molecule has 104 valence electrons. The molecule has 0 unspecified atom stereocenters. The van der Waals surface area contributed by atoms with Crippen molar-refractivity contribution in [3.05, 3.63) is 65.5 Å². The first kappa shape index (κ1) is 14.1. The van der Waals surface area contributed by atoms with Crippen molar-refractivity contribution in [2.45, 2.75) is 19.4 Å². The molecule has 0 saturated carbocycles. The third-order valence-corrected chi connectivity index (χ3v) is 3.04. The molecular formula is C16H15FO3. The highest BCUT2D eigenvalue weighted by atomic mass is 19.1. The Morgan fingerprint density at radius 1 is 1.15 bits per heavy atom. The van der Waals surface area contributed by atoms with Gasteiger partial charge in [0.15, 0.2) is 0 Å². The first-order chi connectivity index (χ1) is 9.56. The smallest absolute Gasteiger partial charge is 0.313 e. The summed E-state index contributed by atoms with van der Waals surface area (Å²) in [7, 11) is 0. The fourth-order valence-electron chi connectivity index (χ4n) is 1.76. The highest BCUT2D eigenvalue weighted by Gasteiger charge is 2.16. The maximum Gasteiger partial charge on any atom is 0.313 e. The summed E-state index contributed by atoms with van der Waals surface area (Å²) in [5.74, 6) is -0.950. The monoisotopic (exact) mass is 274 g/mol. The number of ether oxygens (including phenoxy) is 1. The van der Waals surface area contributed by atoms with Crippen molar-refractivity contribution in [2.75, 3.05) is 0 Å². The number of halogens is 1. The number of hydrogen-bond donors (Lipinski definition) is 1. The Kier molecular flexibility index (Phi) is 4.35. The average molecular weight is 274 g/mol. The molecule has 0 heterocycles. The zero-order valence-corrected chi connectivity index (χ0v) is 11.0. The lowest BCUT2D eigenvalue weighted by atomic mass is 10.0. The fraction of sp³-hybridized carbons (Fsp3) is 0.188. The molecule has 0 aliphatic carbocycles. The molecule has 1 atom stereocenters. The summed E-state index contributed by atoms with van der Waals surface area (Å²) < 4.78 is 17.9. The molecule has 0 spiro atoms. The number of carbonyl (C=O) groups excluding carboxylic acids is 1. The number of esters is 1. The van der Waals surface area contributed by atoms with Crippen LogP contribution in [0.4, 0.5) is 4.39 Å². The molecule has 0 bridgehead atoms. The van der Waals surface area contributed by atoms with E-state index in [0.29, 0.717) is 0 Å². The number of rotatable bonds is 4. The van der Waals surface area contributed by atoms with Gasteiger partial charge in [-0.25, -0.2) is 4.39 Å². The Morgan fingerprint density at radius 2 is 1.75 bits per heavy atom. The third kappa shape index (κ3) is 3.57. The summed E-state index contributed by atoms with van der Waals surface area (Å²) in [5, 5.41) is 9.20. The standard InChI is InChI=1S/C16H15FO3/c1-11(13-4-8-15(18)9-5-13)16(19)20-10-12-2-6-14(17)7-3-12/h2-9,11,18H,10H2,1H3/t11-/m0/s1. The molecule has 0 amide bonds. The zero-order chi connectivity index (χ0) is 14.5. The van der Waals surface area contributed by atoms with E-state index in [0.717, 1.165) is 11.1 Å². The lowest BCUT2D eigenvalue weighted by Crippen LogP contribution is -2.13. The Balaban J connectivity index is 1.94. The summed E-state index contributed by atoms with van der Waals surface area (Å²) in [5.41, 5.74) is 1.50. The van der Waals surface area contributed by atoms with Crippen LogP contribution in [-0.4, -0.2) is 11.1 Å². The highest BCUT2D eigenvalue weighted by molar-refractivity contribution is 5.77. The van der Waals surface area contributed by atoms with Gasteiger partial charge in [0.25, 0.3) is 0 Å².